The van der Waals surface area contributed by atoms with Crippen LogP contribution in [0.15, 0.2) is 103 Å². The summed E-state index contributed by atoms with van der Waals surface area (Å²) >= 11 is 0. The lowest BCUT2D eigenvalue weighted by Crippen LogP contribution is -2.12. The fraction of sp³-hybridized carbons (Fsp3) is 0.245. The first-order valence-corrected chi connectivity index (χ1v) is 20.1. The normalized spacial score (nSPS) is 10.6. The minimum absolute atomic E-state index is 0.0315. The molecule has 6 aromatic rings. The van der Waals surface area contributed by atoms with Crippen molar-refractivity contribution in [3.8, 4) is 17.2 Å². The molecule has 6 aromatic carbocycles. The first kappa shape index (κ1) is 45.3. The summed E-state index contributed by atoms with van der Waals surface area (Å²) in [5.41, 5.74) is 14.7. The molecule has 6 rings (SSSR count). The van der Waals surface area contributed by atoms with Crippen molar-refractivity contribution in [1.82, 2.24) is 0 Å². The van der Waals surface area contributed by atoms with Gasteiger partial charge < -0.3 is 18.9 Å². The predicted octanol–water partition coefficient (Wildman–Crippen LogP) is 11.5. The van der Waals surface area contributed by atoms with Crippen LogP contribution in [0.5, 0.6) is 17.2 Å². The molecule has 8 nitrogen and oxygen atoms in total. The van der Waals surface area contributed by atoms with Crippen molar-refractivity contribution in [2.45, 2.75) is 75.2 Å². The Bertz CT molecular complexity index is 2530. The Balaban J connectivity index is 0.000000232. The summed E-state index contributed by atoms with van der Waals surface area (Å²) in [5.74, 6) is 0.569. The number of ketones is 1. The molecule has 0 amide bonds. The van der Waals surface area contributed by atoms with Gasteiger partial charge in [0.05, 0.1) is 30.9 Å². The lowest BCUT2D eigenvalue weighted by atomic mass is 9.97. The molecule has 314 valence electrons. The highest BCUT2D eigenvalue weighted by Crippen LogP contribution is 2.30. The average molecular weight is 819 g/mol. The Kier molecular flexibility index (Phi) is 14.8. The number of hydrogen-bond donors (Lipinski definition) is 0. The van der Waals surface area contributed by atoms with Gasteiger partial charge in [0.15, 0.2) is 5.78 Å². The molecule has 8 heteroatoms. The summed E-state index contributed by atoms with van der Waals surface area (Å²) in [7, 11) is 2.99. The maximum Gasteiger partial charge on any atom is 0.343 e. The summed E-state index contributed by atoms with van der Waals surface area (Å²) in [4.78, 5) is 48.4. The van der Waals surface area contributed by atoms with Crippen LogP contribution in [0.4, 0.5) is 0 Å². The van der Waals surface area contributed by atoms with E-state index < -0.39 is 17.9 Å². The molecule has 0 N–H and O–H groups in total. The lowest BCUT2D eigenvalue weighted by molar-refractivity contribution is 0.0600. The third-order valence-corrected chi connectivity index (χ3v) is 10.3. The Morgan fingerprint density at radius 1 is 0.410 bits per heavy atom. The van der Waals surface area contributed by atoms with E-state index in [0.29, 0.717) is 33.8 Å². The van der Waals surface area contributed by atoms with Crippen LogP contribution in [0.2, 0.25) is 0 Å². The van der Waals surface area contributed by atoms with Crippen molar-refractivity contribution in [1.29, 1.82) is 0 Å². The molecule has 61 heavy (non-hydrogen) atoms. The van der Waals surface area contributed by atoms with E-state index in [4.69, 9.17) is 18.9 Å². The van der Waals surface area contributed by atoms with Crippen LogP contribution in [0, 0.1) is 55.4 Å². The molecular formula is C53H54O8. The molecule has 0 atom stereocenters. The van der Waals surface area contributed by atoms with Crippen LogP contribution >= 0.6 is 0 Å². The molecule has 0 fully saturated rings. The van der Waals surface area contributed by atoms with Gasteiger partial charge in [0.1, 0.15) is 17.2 Å². The Labute approximate surface area is 359 Å². The number of carbonyl (C=O) groups is 4. The van der Waals surface area contributed by atoms with E-state index >= 15 is 0 Å². The Morgan fingerprint density at radius 2 is 0.770 bits per heavy atom. The first-order valence-electron chi connectivity index (χ1n) is 20.1. The van der Waals surface area contributed by atoms with Crippen LogP contribution in [0.25, 0.3) is 0 Å². The number of aryl methyl sites for hydroxylation is 8. The van der Waals surface area contributed by atoms with Gasteiger partial charge in [-0.3, -0.25) is 4.79 Å². The van der Waals surface area contributed by atoms with Gasteiger partial charge in [0, 0.05) is 5.56 Å². The molecule has 0 aliphatic rings. The number of rotatable bonds is 11. The van der Waals surface area contributed by atoms with Crippen molar-refractivity contribution >= 4 is 23.7 Å². The number of benzene rings is 6. The molecule has 0 aliphatic heterocycles. The zero-order chi connectivity index (χ0) is 44.5. The summed E-state index contributed by atoms with van der Waals surface area (Å²) in [6.07, 6.45) is 1.60. The third-order valence-electron chi connectivity index (χ3n) is 10.3. The highest BCUT2D eigenvalue weighted by molar-refractivity contribution is 5.97. The van der Waals surface area contributed by atoms with E-state index in [-0.39, 0.29) is 5.78 Å². The van der Waals surface area contributed by atoms with Gasteiger partial charge in [-0.05, 0) is 161 Å². The second-order valence-electron chi connectivity index (χ2n) is 15.7. The standard InChI is InChI=1S/C27H28O5.C26H26O3/c1-16-10-20(11-17(2)24(16)30-5)14-21-12-18(3)25(19(4)13-21)32-27(29)23-9-7-8-22(15-23)26(28)31-6;1-16-10-17(2)12-21(11-16)15-22-13-18(3)25(19(4)14-22)29-26(28)24-8-6-23(7-9-24)20(5)27/h7-13,15H,14H2,1-6H3;6-14H,15H2,1-5H3. The van der Waals surface area contributed by atoms with E-state index in [1.165, 1.54) is 47.9 Å². The molecule has 0 aromatic heterocycles. The van der Waals surface area contributed by atoms with Crippen molar-refractivity contribution in [2.24, 2.45) is 0 Å². The number of hydrogen-bond acceptors (Lipinski definition) is 8. The number of carbonyl (C=O) groups excluding carboxylic acids is 4. The van der Waals surface area contributed by atoms with E-state index in [1.807, 2.05) is 53.7 Å². The molecule has 0 aliphatic carbocycles. The van der Waals surface area contributed by atoms with Crippen molar-refractivity contribution < 1.29 is 38.1 Å². The van der Waals surface area contributed by atoms with Gasteiger partial charge in [-0.2, -0.15) is 0 Å². The van der Waals surface area contributed by atoms with Crippen LogP contribution in [-0.4, -0.2) is 37.9 Å². The van der Waals surface area contributed by atoms with E-state index in [1.54, 1.807) is 49.6 Å². The highest BCUT2D eigenvalue weighted by Gasteiger charge is 2.17. The topological polar surface area (TPSA) is 105 Å². The van der Waals surface area contributed by atoms with E-state index in [9.17, 15) is 19.2 Å². The molecule has 0 saturated carbocycles. The molecule has 0 spiro atoms. The number of Topliss-reactive ketones (excluding diaryl/α,β-unsaturated/α-hetero) is 1. The van der Waals surface area contributed by atoms with Crippen molar-refractivity contribution in [3.05, 3.63) is 192 Å². The minimum atomic E-state index is -0.517. The van der Waals surface area contributed by atoms with Gasteiger partial charge in [-0.15, -0.1) is 0 Å². The molecule has 0 radical (unpaired) electrons. The van der Waals surface area contributed by atoms with Gasteiger partial charge in [-0.25, -0.2) is 14.4 Å². The van der Waals surface area contributed by atoms with Gasteiger partial charge in [0.25, 0.3) is 0 Å². The maximum atomic E-state index is 12.7. The fourth-order valence-corrected chi connectivity index (χ4v) is 7.75. The summed E-state index contributed by atoms with van der Waals surface area (Å²) in [6, 6.07) is 31.9. The molecular weight excluding hydrogens is 765 g/mol. The number of esters is 3. The zero-order valence-electron chi connectivity index (χ0n) is 37.0. The SMILES string of the molecule is CC(=O)c1ccc(C(=O)Oc2c(C)cc(Cc3cc(C)cc(C)c3)cc2C)cc1.COC(=O)c1cccc(C(=O)Oc2c(C)cc(Cc3cc(C)c(OC)c(C)c3)cc2C)c1. The quantitative estimate of drug-likeness (QED) is 0.0723. The summed E-state index contributed by atoms with van der Waals surface area (Å²) in [5, 5.41) is 0. The fourth-order valence-electron chi connectivity index (χ4n) is 7.75. The number of methoxy groups -OCH3 is 2. The lowest BCUT2D eigenvalue weighted by Gasteiger charge is -2.15. The smallest absolute Gasteiger partial charge is 0.343 e. The first-order chi connectivity index (χ1) is 29.0. The van der Waals surface area contributed by atoms with Crippen LogP contribution < -0.4 is 14.2 Å². The molecule has 0 bridgehead atoms. The molecule has 0 heterocycles. The maximum absolute atomic E-state index is 12.7. The van der Waals surface area contributed by atoms with E-state index in [2.05, 4.69) is 56.3 Å². The average Bonchev–Trinajstić information content (AvgIpc) is 3.20. The molecule has 0 saturated heterocycles. The predicted molar refractivity (Wildman–Crippen MR) is 240 cm³/mol. The van der Waals surface area contributed by atoms with Crippen LogP contribution in [0.1, 0.15) is 115 Å². The second-order valence-corrected chi connectivity index (χ2v) is 15.7. The van der Waals surface area contributed by atoms with Crippen LogP contribution in [-0.2, 0) is 17.6 Å². The van der Waals surface area contributed by atoms with Crippen molar-refractivity contribution in [2.75, 3.05) is 14.2 Å². The summed E-state index contributed by atoms with van der Waals surface area (Å²) < 4.78 is 21.6. The van der Waals surface area contributed by atoms with Crippen LogP contribution in [0.3, 0.4) is 0 Å². The third kappa shape index (κ3) is 11.7. The Hall–Kier alpha value is -6.80. The van der Waals surface area contributed by atoms with Gasteiger partial charge in [-0.1, -0.05) is 83.9 Å². The zero-order valence-corrected chi connectivity index (χ0v) is 37.0. The van der Waals surface area contributed by atoms with Crippen molar-refractivity contribution in [3.63, 3.8) is 0 Å². The minimum Gasteiger partial charge on any atom is -0.496 e. The Morgan fingerprint density at radius 3 is 1.16 bits per heavy atom. The highest BCUT2D eigenvalue weighted by atomic mass is 16.5. The van der Waals surface area contributed by atoms with Gasteiger partial charge in [0.2, 0.25) is 0 Å². The second kappa shape index (κ2) is 20.0. The van der Waals surface area contributed by atoms with Gasteiger partial charge >= 0.3 is 17.9 Å². The van der Waals surface area contributed by atoms with E-state index in [0.717, 1.165) is 57.5 Å². The molecule has 0 unspecified atom stereocenters. The number of ether oxygens (including phenoxy) is 4. The monoisotopic (exact) mass is 818 g/mol. The summed E-state index contributed by atoms with van der Waals surface area (Å²) in [6.45, 7) is 17.6. The largest absolute Gasteiger partial charge is 0.496 e.